The van der Waals surface area contributed by atoms with Crippen LogP contribution in [0, 0.1) is 23.5 Å². The van der Waals surface area contributed by atoms with Gasteiger partial charge in [-0.3, -0.25) is 0 Å². The van der Waals surface area contributed by atoms with Gasteiger partial charge in [-0.15, -0.1) is 0 Å². The van der Waals surface area contributed by atoms with E-state index in [1.807, 2.05) is 5.92 Å². The minimum absolute atomic E-state index is 0.0815. The average Bonchev–Trinajstić information content (AvgIpc) is 2.23. The lowest BCUT2D eigenvalue weighted by Crippen LogP contribution is -1.96. The van der Waals surface area contributed by atoms with Crippen molar-refractivity contribution in [2.45, 2.75) is 0 Å². The van der Waals surface area contributed by atoms with Crippen molar-refractivity contribution in [2.24, 2.45) is 0 Å². The molecular weight excluding hydrogens is 270 g/mol. The van der Waals surface area contributed by atoms with Gasteiger partial charge in [-0.1, -0.05) is 0 Å². The third-order valence-electron chi connectivity index (χ3n) is 1.52. The fraction of sp³-hybridized carbons (Fsp3) is 0.100. The first-order valence-electron chi connectivity index (χ1n) is 3.79. The molecule has 0 saturated carbocycles. The van der Waals surface area contributed by atoms with E-state index in [0.717, 1.165) is 13.2 Å². The number of benzene rings is 1. The molecule has 0 spiro atoms. The number of halogens is 3. The van der Waals surface area contributed by atoms with Crippen LogP contribution >= 0.6 is 15.9 Å². The summed E-state index contributed by atoms with van der Waals surface area (Å²) in [5, 5.41) is 0. The van der Waals surface area contributed by atoms with Gasteiger partial charge in [-0.05, 0) is 34.0 Å². The van der Waals surface area contributed by atoms with E-state index in [-0.39, 0.29) is 4.47 Å². The summed E-state index contributed by atoms with van der Waals surface area (Å²) < 4.78 is 30.6. The number of hydrogen-bond acceptors (Lipinski definition) is 2. The largest absolute Gasteiger partial charge is 0.459 e. The quantitative estimate of drug-likeness (QED) is 0.412. The molecule has 5 heteroatoms. The van der Waals surface area contributed by atoms with Crippen LogP contribution in [0.5, 0.6) is 0 Å². The van der Waals surface area contributed by atoms with Crippen molar-refractivity contribution in [1.82, 2.24) is 0 Å². The summed E-state index contributed by atoms with van der Waals surface area (Å²) in [5.74, 6) is 1.49. The third-order valence-corrected chi connectivity index (χ3v) is 2.13. The molecule has 78 valence electrons. The molecule has 0 N–H and O–H groups in total. The summed E-state index contributed by atoms with van der Waals surface area (Å²) in [4.78, 5) is 10.6. The Morgan fingerprint density at radius 3 is 2.73 bits per heavy atom. The normalized spacial score (nSPS) is 9.07. The second-order valence-corrected chi connectivity index (χ2v) is 3.31. The zero-order valence-electron chi connectivity index (χ0n) is 7.61. The van der Waals surface area contributed by atoms with E-state index < -0.39 is 23.2 Å². The first-order valence-corrected chi connectivity index (χ1v) is 4.59. The van der Waals surface area contributed by atoms with Crippen molar-refractivity contribution in [2.75, 3.05) is 7.11 Å². The second-order valence-electron chi connectivity index (χ2n) is 2.46. The minimum atomic E-state index is -0.853. The van der Waals surface area contributed by atoms with Crippen LogP contribution in [0.3, 0.4) is 0 Å². The van der Waals surface area contributed by atoms with Gasteiger partial charge in [0.1, 0.15) is 5.82 Å². The average molecular weight is 275 g/mol. The van der Waals surface area contributed by atoms with Gasteiger partial charge in [0, 0.05) is 5.92 Å². The third kappa shape index (κ3) is 2.77. The Hall–Kier alpha value is -1.41. The predicted molar refractivity (Wildman–Crippen MR) is 53.0 cm³/mol. The lowest BCUT2D eigenvalue weighted by atomic mass is 10.2. The molecule has 0 amide bonds. The van der Waals surface area contributed by atoms with E-state index in [1.165, 1.54) is 6.07 Å². The maximum atomic E-state index is 13.3. The fourth-order valence-electron chi connectivity index (χ4n) is 0.806. The fourth-order valence-corrected chi connectivity index (χ4v) is 1.14. The molecule has 0 aliphatic heterocycles. The molecule has 1 aromatic carbocycles. The Morgan fingerprint density at radius 2 is 2.13 bits per heavy atom. The van der Waals surface area contributed by atoms with Crippen LogP contribution in [-0.4, -0.2) is 13.1 Å². The van der Waals surface area contributed by atoms with Gasteiger partial charge < -0.3 is 4.74 Å². The molecule has 0 aliphatic rings. The standard InChI is InChI=1S/C10H5BrF2O2/c1-15-9(14)5-2-6-8(12)4-3-7(11)10(6)13/h3-4H,1H3. The highest BCUT2D eigenvalue weighted by atomic mass is 79.9. The van der Waals surface area contributed by atoms with Crippen molar-refractivity contribution < 1.29 is 18.3 Å². The molecule has 2 nitrogen and oxygen atoms in total. The Labute approximate surface area is 93.4 Å². The van der Waals surface area contributed by atoms with Crippen molar-refractivity contribution in [3.63, 3.8) is 0 Å². The number of rotatable bonds is 0. The van der Waals surface area contributed by atoms with Crippen LogP contribution in [0.1, 0.15) is 5.56 Å². The number of hydrogen-bond donors (Lipinski definition) is 0. The molecule has 0 saturated heterocycles. The van der Waals surface area contributed by atoms with Gasteiger partial charge in [-0.2, -0.15) is 0 Å². The lowest BCUT2D eigenvalue weighted by Gasteiger charge is -1.98. The molecular formula is C10H5BrF2O2. The maximum Gasteiger partial charge on any atom is 0.384 e. The Balaban J connectivity index is 3.18. The van der Waals surface area contributed by atoms with Crippen molar-refractivity contribution in [3.05, 3.63) is 33.8 Å². The zero-order chi connectivity index (χ0) is 11.4. The highest BCUT2D eigenvalue weighted by Crippen LogP contribution is 2.20. The smallest absolute Gasteiger partial charge is 0.384 e. The number of carbonyl (C=O) groups excluding carboxylic acids is 1. The summed E-state index contributed by atoms with van der Waals surface area (Å²) in [6, 6.07) is 2.27. The van der Waals surface area contributed by atoms with Crippen molar-refractivity contribution >= 4 is 21.9 Å². The van der Waals surface area contributed by atoms with E-state index in [9.17, 15) is 13.6 Å². The molecule has 0 radical (unpaired) electrons. The molecule has 1 rings (SSSR count). The van der Waals surface area contributed by atoms with Gasteiger partial charge in [0.2, 0.25) is 0 Å². The van der Waals surface area contributed by atoms with Gasteiger partial charge in [0.05, 0.1) is 17.1 Å². The number of carbonyl (C=O) groups is 1. The minimum Gasteiger partial charge on any atom is -0.459 e. The molecule has 0 bridgehead atoms. The summed E-state index contributed by atoms with van der Waals surface area (Å²) in [6.45, 7) is 0. The lowest BCUT2D eigenvalue weighted by molar-refractivity contribution is -0.133. The molecule has 0 unspecified atom stereocenters. The van der Waals surface area contributed by atoms with E-state index in [0.29, 0.717) is 0 Å². The summed E-state index contributed by atoms with van der Waals surface area (Å²) in [7, 11) is 1.13. The zero-order valence-corrected chi connectivity index (χ0v) is 9.19. The molecule has 0 aliphatic carbocycles. The summed E-state index contributed by atoms with van der Waals surface area (Å²) >= 11 is 2.88. The maximum absolute atomic E-state index is 13.3. The topological polar surface area (TPSA) is 26.3 Å². The van der Waals surface area contributed by atoms with Gasteiger partial charge in [-0.25, -0.2) is 13.6 Å². The molecule has 0 atom stereocenters. The van der Waals surface area contributed by atoms with E-state index in [1.54, 1.807) is 0 Å². The monoisotopic (exact) mass is 274 g/mol. The molecule has 15 heavy (non-hydrogen) atoms. The van der Waals surface area contributed by atoms with E-state index in [2.05, 4.69) is 26.6 Å². The summed E-state index contributed by atoms with van der Waals surface area (Å²) in [6.07, 6.45) is 0. The van der Waals surface area contributed by atoms with Crippen LogP contribution in [0.2, 0.25) is 0 Å². The van der Waals surface area contributed by atoms with Crippen LogP contribution in [0.4, 0.5) is 8.78 Å². The van der Waals surface area contributed by atoms with E-state index >= 15 is 0 Å². The van der Waals surface area contributed by atoms with Gasteiger partial charge >= 0.3 is 5.97 Å². The Bertz CT molecular complexity index is 460. The highest BCUT2D eigenvalue weighted by molar-refractivity contribution is 9.10. The van der Waals surface area contributed by atoms with Crippen LogP contribution in [0.25, 0.3) is 0 Å². The Morgan fingerprint density at radius 1 is 1.47 bits per heavy atom. The van der Waals surface area contributed by atoms with Crippen LogP contribution < -0.4 is 0 Å². The van der Waals surface area contributed by atoms with Gasteiger partial charge in [0.25, 0.3) is 0 Å². The van der Waals surface area contributed by atoms with Crippen molar-refractivity contribution in [3.8, 4) is 11.8 Å². The highest BCUT2D eigenvalue weighted by Gasteiger charge is 2.09. The predicted octanol–water partition coefficient (Wildman–Crippen LogP) is 2.25. The second kappa shape index (κ2) is 4.89. The summed E-state index contributed by atoms with van der Waals surface area (Å²) in [5.41, 5.74) is -0.463. The van der Waals surface area contributed by atoms with Crippen LogP contribution in [0.15, 0.2) is 16.6 Å². The number of methoxy groups -OCH3 is 1. The van der Waals surface area contributed by atoms with Crippen LogP contribution in [-0.2, 0) is 9.53 Å². The van der Waals surface area contributed by atoms with Gasteiger partial charge in [0.15, 0.2) is 5.82 Å². The SMILES string of the molecule is COC(=O)C#Cc1c(F)ccc(Br)c1F. The Kier molecular flexibility index (Phi) is 3.81. The number of esters is 1. The van der Waals surface area contributed by atoms with E-state index in [4.69, 9.17) is 0 Å². The molecule has 1 aromatic rings. The first-order chi connectivity index (χ1) is 7.06. The molecule has 0 heterocycles. The molecule has 0 aromatic heterocycles. The number of ether oxygens (including phenoxy) is 1. The first kappa shape index (κ1) is 11.7. The van der Waals surface area contributed by atoms with Crippen molar-refractivity contribution in [1.29, 1.82) is 0 Å². The molecule has 0 fully saturated rings.